The van der Waals surface area contributed by atoms with E-state index in [1.807, 2.05) is 37.4 Å². The number of carbonyl (C=O) groups excluding carboxylic acids is 1. The summed E-state index contributed by atoms with van der Waals surface area (Å²) in [6, 6.07) is 10.1. The van der Waals surface area contributed by atoms with E-state index in [-0.39, 0.29) is 5.91 Å². The first-order valence-corrected chi connectivity index (χ1v) is 5.94. The molecule has 0 fully saturated rings. The van der Waals surface area contributed by atoms with Crippen LogP contribution < -0.4 is 4.40 Å². The van der Waals surface area contributed by atoms with E-state index in [9.17, 15) is 4.79 Å². The summed E-state index contributed by atoms with van der Waals surface area (Å²) < 4.78 is 3.00. The number of likely N-dealkylation sites (N-methyl/N-ethyl adjacent to an activating group) is 1. The number of hydrogen-bond acceptors (Lipinski definition) is 1. The Hall–Kier alpha value is -1.03. The fraction of sp³-hybridized carbons (Fsp3) is 0.100. The molecule has 0 aliphatic rings. The van der Waals surface area contributed by atoms with Crippen LogP contribution in [0.1, 0.15) is 0 Å². The average Bonchev–Trinajstić information content (AvgIpc) is 2.18. The summed E-state index contributed by atoms with van der Waals surface area (Å²) in [4.78, 5) is 11.2. The van der Waals surface area contributed by atoms with Gasteiger partial charge in [0, 0.05) is 0 Å². The van der Waals surface area contributed by atoms with Gasteiger partial charge in [-0.1, -0.05) is 0 Å². The van der Waals surface area contributed by atoms with Crippen molar-refractivity contribution in [3.05, 3.63) is 43.0 Å². The molecule has 0 aliphatic carbocycles. The number of amides is 1. The number of hydrogen-bond donors (Lipinski definition) is 0. The van der Waals surface area contributed by atoms with Crippen LogP contribution in [0.2, 0.25) is 0 Å². The summed E-state index contributed by atoms with van der Waals surface area (Å²) in [6.45, 7) is 3.45. The van der Waals surface area contributed by atoms with Gasteiger partial charge in [0.1, 0.15) is 0 Å². The van der Waals surface area contributed by atoms with E-state index in [2.05, 4.69) is 6.58 Å². The quantitative estimate of drug-likeness (QED) is 0.553. The van der Waals surface area contributed by atoms with Crippen molar-refractivity contribution < 1.29 is 4.79 Å². The van der Waals surface area contributed by atoms with E-state index >= 15 is 0 Å². The Balaban J connectivity index is 2.60. The molecule has 1 aromatic rings. The molecule has 0 saturated heterocycles. The molecule has 0 heterocycles. The van der Waals surface area contributed by atoms with E-state index in [1.54, 1.807) is 3.86 Å². The summed E-state index contributed by atoms with van der Waals surface area (Å²) in [7, 11) is 1.82. The van der Waals surface area contributed by atoms with Gasteiger partial charge in [0.15, 0.2) is 0 Å². The van der Waals surface area contributed by atoms with Crippen molar-refractivity contribution in [1.29, 1.82) is 0 Å². The van der Waals surface area contributed by atoms with Gasteiger partial charge in [0.2, 0.25) is 0 Å². The zero-order valence-corrected chi connectivity index (χ0v) is 9.62. The summed E-state index contributed by atoms with van der Waals surface area (Å²) in [6.07, 6.45) is 1.35. The zero-order chi connectivity index (χ0) is 9.68. The monoisotopic (exact) mass is 235 g/mol. The third kappa shape index (κ3) is 3.07. The Bertz CT molecular complexity index is 297. The molecule has 0 N–H and O–H groups in total. The molecule has 66 valence electrons. The summed E-state index contributed by atoms with van der Waals surface area (Å²) >= 11 is -0.507. The minimum absolute atomic E-state index is 0.00357. The molecule has 0 atom stereocenters. The van der Waals surface area contributed by atoms with Crippen molar-refractivity contribution in [2.75, 3.05) is 7.05 Å². The molecule has 1 amide bonds. The van der Waals surface area contributed by atoms with Gasteiger partial charge >= 0.3 is 84.6 Å². The van der Waals surface area contributed by atoms with Crippen LogP contribution in [0.5, 0.6) is 0 Å². The van der Waals surface area contributed by atoms with E-state index in [1.165, 1.54) is 10.5 Å². The van der Waals surface area contributed by atoms with Crippen molar-refractivity contribution in [2.24, 2.45) is 0 Å². The normalized spacial score (nSPS) is 9.31. The molecule has 13 heavy (non-hydrogen) atoms. The molecule has 0 bridgehead atoms. The Morgan fingerprint density at radius 2 is 2.08 bits per heavy atom. The minimum atomic E-state index is -0.507. The molecule has 2 radical (unpaired) electrons. The van der Waals surface area contributed by atoms with Crippen molar-refractivity contribution >= 4 is 26.0 Å². The fourth-order valence-electron chi connectivity index (χ4n) is 0.898. The molecule has 0 saturated carbocycles. The number of carbonyl (C=O) groups is 1. The van der Waals surface area contributed by atoms with Gasteiger partial charge < -0.3 is 0 Å². The van der Waals surface area contributed by atoms with Gasteiger partial charge in [-0.2, -0.15) is 0 Å². The van der Waals surface area contributed by atoms with Crippen LogP contribution in [0.3, 0.4) is 0 Å². The second-order valence-corrected chi connectivity index (χ2v) is 5.67. The van der Waals surface area contributed by atoms with Gasteiger partial charge in [0.25, 0.3) is 0 Å². The molecule has 0 aliphatic heterocycles. The average molecular weight is 234 g/mol. The molecular formula is C10H11GeNO. The molecule has 1 aromatic carbocycles. The van der Waals surface area contributed by atoms with Crippen LogP contribution in [-0.2, 0) is 4.79 Å². The van der Waals surface area contributed by atoms with Crippen LogP contribution in [0.25, 0.3) is 0 Å². The van der Waals surface area contributed by atoms with Crippen LogP contribution in [0, 0.1) is 0 Å². The Kier molecular flexibility index (Phi) is 3.77. The molecule has 2 nitrogen and oxygen atoms in total. The van der Waals surface area contributed by atoms with Crippen molar-refractivity contribution in [3.8, 4) is 0 Å². The third-order valence-corrected chi connectivity index (χ3v) is 3.98. The first-order valence-electron chi connectivity index (χ1n) is 3.96. The van der Waals surface area contributed by atoms with Crippen molar-refractivity contribution in [3.63, 3.8) is 0 Å². The molecule has 0 aromatic heterocycles. The Morgan fingerprint density at radius 3 is 2.62 bits per heavy atom. The molecular weight excluding hydrogens is 223 g/mol. The number of nitrogens with zero attached hydrogens (tertiary/aromatic N) is 1. The van der Waals surface area contributed by atoms with Gasteiger partial charge in [-0.25, -0.2) is 0 Å². The van der Waals surface area contributed by atoms with Crippen molar-refractivity contribution in [2.45, 2.75) is 0 Å². The summed E-state index contributed by atoms with van der Waals surface area (Å²) in [5.74, 6) is 0.00357. The predicted molar refractivity (Wildman–Crippen MR) is 54.8 cm³/mol. The standard InChI is InChI=1S/C10H11GeNO/c1-3-10(13)12(2)11-9-7-5-4-6-8-9/h3-8H,1H2,2H3. The maximum atomic E-state index is 11.2. The van der Waals surface area contributed by atoms with Gasteiger partial charge in [-0.15, -0.1) is 0 Å². The first-order chi connectivity index (χ1) is 6.24. The molecule has 3 heteroatoms. The zero-order valence-electron chi connectivity index (χ0n) is 7.53. The molecule has 1 rings (SSSR count). The molecule has 0 spiro atoms. The predicted octanol–water partition coefficient (Wildman–Crippen LogP) is 0.575. The van der Waals surface area contributed by atoms with E-state index in [0.29, 0.717) is 0 Å². The van der Waals surface area contributed by atoms with Crippen LogP contribution in [0.4, 0.5) is 0 Å². The van der Waals surface area contributed by atoms with E-state index < -0.39 is 15.7 Å². The van der Waals surface area contributed by atoms with Crippen LogP contribution >= 0.6 is 0 Å². The Labute approximate surface area is 84.9 Å². The second-order valence-electron chi connectivity index (χ2n) is 2.58. The molecule has 0 unspecified atom stereocenters. The summed E-state index contributed by atoms with van der Waals surface area (Å²) in [5, 5.41) is 0. The second kappa shape index (κ2) is 4.87. The number of benzene rings is 1. The van der Waals surface area contributed by atoms with Gasteiger partial charge in [-0.05, 0) is 0 Å². The third-order valence-electron chi connectivity index (χ3n) is 1.58. The Morgan fingerprint density at radius 1 is 1.46 bits per heavy atom. The first kappa shape index (κ1) is 10.1. The van der Waals surface area contributed by atoms with E-state index in [4.69, 9.17) is 0 Å². The van der Waals surface area contributed by atoms with Crippen molar-refractivity contribution in [1.82, 2.24) is 3.86 Å². The maximum absolute atomic E-state index is 11.2. The number of rotatable bonds is 3. The van der Waals surface area contributed by atoms with Gasteiger partial charge in [0.05, 0.1) is 0 Å². The summed E-state index contributed by atoms with van der Waals surface area (Å²) in [5.41, 5.74) is 0. The topological polar surface area (TPSA) is 20.3 Å². The van der Waals surface area contributed by atoms with Crippen LogP contribution in [0.15, 0.2) is 43.0 Å². The van der Waals surface area contributed by atoms with E-state index in [0.717, 1.165) is 0 Å². The SMILES string of the molecule is C=CC(=O)[N](C)[Ge][c]1ccccc1. The van der Waals surface area contributed by atoms with Crippen LogP contribution in [-0.4, -0.2) is 32.5 Å². The van der Waals surface area contributed by atoms with Gasteiger partial charge in [-0.3, -0.25) is 0 Å². The fourth-order valence-corrected chi connectivity index (χ4v) is 2.85.